The zero-order valence-electron chi connectivity index (χ0n) is 7.86. The SMILES string of the molecule is O=C(O)Cc1ccc2[nH]c(=O)ccc2c1. The molecular weight excluding hydrogens is 194 g/mol. The van der Waals surface area contributed by atoms with E-state index in [9.17, 15) is 9.59 Å². The summed E-state index contributed by atoms with van der Waals surface area (Å²) in [6, 6.07) is 8.28. The number of H-pyrrole nitrogens is 1. The Bertz CT molecular complexity index is 571. The second-order valence-corrected chi connectivity index (χ2v) is 3.31. The zero-order valence-corrected chi connectivity index (χ0v) is 7.86. The summed E-state index contributed by atoms with van der Waals surface area (Å²) >= 11 is 0. The molecule has 0 bridgehead atoms. The van der Waals surface area contributed by atoms with E-state index in [2.05, 4.69) is 4.98 Å². The molecule has 0 unspecified atom stereocenters. The third-order valence-electron chi connectivity index (χ3n) is 2.14. The highest BCUT2D eigenvalue weighted by molar-refractivity contribution is 5.80. The number of nitrogens with one attached hydrogen (secondary N) is 1. The molecule has 0 saturated heterocycles. The third kappa shape index (κ3) is 2.04. The van der Waals surface area contributed by atoms with E-state index in [0.29, 0.717) is 0 Å². The van der Waals surface area contributed by atoms with Crippen LogP contribution in [0, 0.1) is 0 Å². The van der Waals surface area contributed by atoms with Gasteiger partial charge in [-0.2, -0.15) is 0 Å². The molecule has 4 nitrogen and oxygen atoms in total. The van der Waals surface area contributed by atoms with Crippen molar-refractivity contribution < 1.29 is 9.90 Å². The van der Waals surface area contributed by atoms with Crippen molar-refractivity contribution in [2.45, 2.75) is 6.42 Å². The summed E-state index contributed by atoms with van der Waals surface area (Å²) in [5, 5.41) is 9.47. The minimum Gasteiger partial charge on any atom is -0.481 e. The van der Waals surface area contributed by atoms with E-state index in [-0.39, 0.29) is 12.0 Å². The number of hydrogen-bond acceptors (Lipinski definition) is 2. The molecule has 15 heavy (non-hydrogen) atoms. The van der Waals surface area contributed by atoms with Crippen molar-refractivity contribution in [1.29, 1.82) is 0 Å². The smallest absolute Gasteiger partial charge is 0.307 e. The van der Waals surface area contributed by atoms with Crippen LogP contribution in [0.15, 0.2) is 35.1 Å². The molecule has 1 heterocycles. The van der Waals surface area contributed by atoms with Crippen molar-refractivity contribution in [3.8, 4) is 0 Å². The summed E-state index contributed by atoms with van der Waals surface area (Å²) in [5.41, 5.74) is 1.28. The Balaban J connectivity index is 2.52. The van der Waals surface area contributed by atoms with Crippen LogP contribution in [-0.2, 0) is 11.2 Å². The summed E-state index contributed by atoms with van der Waals surface area (Å²) in [6.07, 6.45) is -0.00489. The number of rotatable bonds is 2. The summed E-state index contributed by atoms with van der Waals surface area (Å²) in [7, 11) is 0. The van der Waals surface area contributed by atoms with Crippen LogP contribution >= 0.6 is 0 Å². The van der Waals surface area contributed by atoms with Gasteiger partial charge in [0.15, 0.2) is 0 Å². The Morgan fingerprint density at radius 3 is 2.80 bits per heavy atom. The highest BCUT2D eigenvalue weighted by Crippen LogP contribution is 2.12. The van der Waals surface area contributed by atoms with E-state index < -0.39 is 5.97 Å². The molecule has 0 fully saturated rings. The number of benzene rings is 1. The molecule has 2 N–H and O–H groups in total. The number of pyridine rings is 1. The van der Waals surface area contributed by atoms with Gasteiger partial charge in [0.25, 0.3) is 0 Å². The van der Waals surface area contributed by atoms with Crippen LogP contribution in [0.1, 0.15) is 5.56 Å². The van der Waals surface area contributed by atoms with Crippen LogP contribution in [0.25, 0.3) is 10.9 Å². The predicted molar refractivity (Wildman–Crippen MR) is 55.9 cm³/mol. The van der Waals surface area contributed by atoms with Gasteiger partial charge in [0, 0.05) is 11.6 Å². The van der Waals surface area contributed by atoms with Gasteiger partial charge in [-0.1, -0.05) is 6.07 Å². The Morgan fingerprint density at radius 1 is 1.27 bits per heavy atom. The first-order chi connectivity index (χ1) is 7.15. The van der Waals surface area contributed by atoms with Gasteiger partial charge in [0.1, 0.15) is 0 Å². The molecule has 0 spiro atoms. The van der Waals surface area contributed by atoms with Crippen molar-refractivity contribution in [1.82, 2.24) is 4.98 Å². The maximum Gasteiger partial charge on any atom is 0.307 e. The second kappa shape index (κ2) is 3.57. The van der Waals surface area contributed by atoms with E-state index in [0.717, 1.165) is 16.5 Å². The van der Waals surface area contributed by atoms with Gasteiger partial charge in [-0.15, -0.1) is 0 Å². The van der Waals surface area contributed by atoms with Crippen molar-refractivity contribution >= 4 is 16.9 Å². The van der Waals surface area contributed by atoms with Crippen LogP contribution in [-0.4, -0.2) is 16.1 Å². The molecule has 1 aromatic carbocycles. The van der Waals surface area contributed by atoms with E-state index in [4.69, 9.17) is 5.11 Å². The lowest BCUT2D eigenvalue weighted by Gasteiger charge is -2.00. The normalized spacial score (nSPS) is 10.4. The van der Waals surface area contributed by atoms with Crippen LogP contribution in [0.4, 0.5) is 0 Å². The first-order valence-electron chi connectivity index (χ1n) is 4.49. The fraction of sp³-hybridized carbons (Fsp3) is 0.0909. The fourth-order valence-corrected chi connectivity index (χ4v) is 1.49. The van der Waals surface area contributed by atoms with Crippen molar-refractivity contribution in [2.75, 3.05) is 0 Å². The molecule has 76 valence electrons. The fourth-order valence-electron chi connectivity index (χ4n) is 1.49. The predicted octanol–water partition coefficient (Wildman–Crippen LogP) is 1.16. The number of carboxylic acid groups (broad SMARTS) is 1. The zero-order chi connectivity index (χ0) is 10.8. The Kier molecular flexibility index (Phi) is 2.25. The molecule has 0 aliphatic carbocycles. The van der Waals surface area contributed by atoms with Crippen LogP contribution in [0.5, 0.6) is 0 Å². The lowest BCUT2D eigenvalue weighted by atomic mass is 10.1. The van der Waals surface area contributed by atoms with E-state index >= 15 is 0 Å². The molecule has 0 radical (unpaired) electrons. The molecule has 0 amide bonds. The van der Waals surface area contributed by atoms with Crippen LogP contribution in [0.3, 0.4) is 0 Å². The van der Waals surface area contributed by atoms with Gasteiger partial charge in [-0.25, -0.2) is 0 Å². The largest absolute Gasteiger partial charge is 0.481 e. The molecule has 2 rings (SSSR count). The van der Waals surface area contributed by atoms with Crippen LogP contribution in [0.2, 0.25) is 0 Å². The maximum absolute atomic E-state index is 11.0. The highest BCUT2D eigenvalue weighted by atomic mass is 16.4. The number of fused-ring (bicyclic) bond motifs is 1. The Morgan fingerprint density at radius 2 is 2.07 bits per heavy atom. The summed E-state index contributed by atoms with van der Waals surface area (Å²) in [4.78, 5) is 24.2. The standard InChI is InChI=1S/C11H9NO3/c13-10-4-2-8-5-7(6-11(14)15)1-3-9(8)12-10/h1-5H,6H2,(H,12,13)(H,14,15). The van der Waals surface area contributed by atoms with Gasteiger partial charge >= 0.3 is 5.97 Å². The lowest BCUT2D eigenvalue weighted by molar-refractivity contribution is -0.136. The summed E-state index contributed by atoms with van der Waals surface area (Å²) < 4.78 is 0. The van der Waals surface area contributed by atoms with Gasteiger partial charge in [0.05, 0.1) is 6.42 Å². The average Bonchev–Trinajstić information content (AvgIpc) is 2.17. The number of carbonyl (C=O) groups is 1. The van der Waals surface area contributed by atoms with Crippen molar-refractivity contribution in [3.05, 3.63) is 46.2 Å². The number of carboxylic acids is 1. The maximum atomic E-state index is 11.0. The monoisotopic (exact) mass is 203 g/mol. The van der Waals surface area contributed by atoms with Crippen molar-refractivity contribution in [3.63, 3.8) is 0 Å². The van der Waals surface area contributed by atoms with Crippen molar-refractivity contribution in [2.24, 2.45) is 0 Å². The van der Waals surface area contributed by atoms with E-state index in [1.165, 1.54) is 6.07 Å². The molecule has 2 aromatic rings. The minimum absolute atomic E-state index is 0.00489. The minimum atomic E-state index is -0.862. The van der Waals surface area contributed by atoms with Crippen LogP contribution < -0.4 is 5.56 Å². The number of hydrogen-bond donors (Lipinski definition) is 2. The van der Waals surface area contributed by atoms with Gasteiger partial charge in [0.2, 0.25) is 5.56 Å². The molecule has 1 aromatic heterocycles. The highest BCUT2D eigenvalue weighted by Gasteiger charge is 2.01. The van der Waals surface area contributed by atoms with Gasteiger partial charge in [-0.3, -0.25) is 9.59 Å². The second-order valence-electron chi connectivity index (χ2n) is 3.31. The first kappa shape index (κ1) is 9.45. The topological polar surface area (TPSA) is 70.2 Å². The molecule has 0 atom stereocenters. The van der Waals surface area contributed by atoms with Gasteiger partial charge in [-0.05, 0) is 29.1 Å². The summed E-state index contributed by atoms with van der Waals surface area (Å²) in [5.74, 6) is -0.862. The molecule has 0 saturated carbocycles. The molecule has 4 heteroatoms. The third-order valence-corrected chi connectivity index (χ3v) is 2.14. The Hall–Kier alpha value is -2.10. The average molecular weight is 203 g/mol. The molecule has 0 aliphatic heterocycles. The molecule has 0 aliphatic rings. The van der Waals surface area contributed by atoms with E-state index in [1.54, 1.807) is 24.3 Å². The van der Waals surface area contributed by atoms with Gasteiger partial charge < -0.3 is 10.1 Å². The Labute approximate surface area is 85.2 Å². The number of aromatic amines is 1. The quantitative estimate of drug-likeness (QED) is 0.769. The number of aromatic nitrogens is 1. The molecular formula is C11H9NO3. The number of aliphatic carboxylic acids is 1. The first-order valence-corrected chi connectivity index (χ1v) is 4.49. The lowest BCUT2D eigenvalue weighted by Crippen LogP contribution is -2.03. The van der Waals surface area contributed by atoms with E-state index in [1.807, 2.05) is 0 Å². The summed E-state index contributed by atoms with van der Waals surface area (Å²) in [6.45, 7) is 0.